The molecule has 0 aliphatic carbocycles. The number of benzene rings is 2. The van der Waals surface area contributed by atoms with Crippen LogP contribution in [0.4, 0.5) is 11.4 Å². The number of fused-ring (bicyclic) bond motifs is 1. The number of hydrogen-bond donors (Lipinski definition) is 1. The summed E-state index contributed by atoms with van der Waals surface area (Å²) in [6, 6.07) is 17.8. The highest BCUT2D eigenvalue weighted by atomic mass is 32.2. The van der Waals surface area contributed by atoms with E-state index in [-0.39, 0.29) is 17.6 Å². The Balaban J connectivity index is 1.50. The van der Waals surface area contributed by atoms with Crippen LogP contribution < -0.4 is 5.32 Å². The Labute approximate surface area is 205 Å². The number of carbonyl (C=O) groups excluding carboxylic acids is 1. The fourth-order valence-corrected chi connectivity index (χ4v) is 5.64. The van der Waals surface area contributed by atoms with Crippen LogP contribution in [0.25, 0.3) is 0 Å². The number of likely N-dealkylation sites (tertiary alicyclic amines) is 1. The van der Waals surface area contributed by atoms with Crippen LogP contribution in [0.1, 0.15) is 38.7 Å². The maximum absolute atomic E-state index is 13.0. The van der Waals surface area contributed by atoms with E-state index in [1.807, 2.05) is 61.5 Å². The number of piperidine rings is 1. The highest BCUT2D eigenvalue weighted by Crippen LogP contribution is 2.34. The third kappa shape index (κ3) is 5.89. The Morgan fingerprint density at radius 2 is 1.64 bits per heavy atom. The molecule has 3 atom stereocenters. The topological polar surface area (TPSA) is 57.1 Å². The van der Waals surface area contributed by atoms with Crippen molar-refractivity contribution in [2.24, 2.45) is 21.8 Å². The number of nitrogens with one attached hydrogen (secondary N) is 1. The molecular weight excluding hydrogens is 448 g/mol. The Kier molecular flexibility index (Phi) is 7.60. The zero-order valence-corrected chi connectivity index (χ0v) is 21.0. The molecule has 2 aromatic rings. The van der Waals surface area contributed by atoms with Crippen molar-refractivity contribution in [3.63, 3.8) is 0 Å². The fourth-order valence-electron chi connectivity index (χ4n) is 4.65. The fraction of sp³-hybridized carbons (Fsp3) is 0.385. The van der Waals surface area contributed by atoms with Gasteiger partial charge in [0.05, 0.1) is 23.0 Å². The molecule has 4 rings (SSSR count). The summed E-state index contributed by atoms with van der Waals surface area (Å²) in [6.45, 7) is 8.45. The quantitative estimate of drug-likeness (QED) is 0.574. The van der Waals surface area contributed by atoms with Crippen molar-refractivity contribution in [1.82, 2.24) is 10.2 Å². The lowest BCUT2D eigenvalue weighted by Crippen LogP contribution is -2.42. The van der Waals surface area contributed by atoms with Crippen molar-refractivity contribution >= 4 is 57.1 Å². The number of amidine groups is 1. The minimum absolute atomic E-state index is 0.104. The average molecular weight is 479 g/mol. The first kappa shape index (κ1) is 23.6. The molecule has 0 radical (unpaired) electrons. The molecule has 0 saturated carbocycles. The first-order valence-electron chi connectivity index (χ1n) is 11.4. The van der Waals surface area contributed by atoms with E-state index in [9.17, 15) is 4.79 Å². The molecule has 5 nitrogen and oxygen atoms in total. The first-order chi connectivity index (χ1) is 15.9. The molecule has 0 spiro atoms. The molecule has 2 aromatic carbocycles. The predicted octanol–water partition coefficient (Wildman–Crippen LogP) is 5.72. The molecule has 1 fully saturated rings. The maximum Gasteiger partial charge on any atom is 0.235 e. The second-order valence-corrected chi connectivity index (χ2v) is 10.6. The Bertz CT molecular complexity index is 1070. The summed E-state index contributed by atoms with van der Waals surface area (Å²) in [5.41, 5.74) is 3.50. The van der Waals surface area contributed by atoms with Gasteiger partial charge in [0.2, 0.25) is 5.91 Å². The second-order valence-electron chi connectivity index (χ2n) is 9.04. The molecule has 0 aromatic heterocycles. The molecule has 2 heterocycles. The molecule has 1 saturated heterocycles. The van der Waals surface area contributed by atoms with E-state index in [4.69, 9.17) is 22.2 Å². The van der Waals surface area contributed by atoms with Gasteiger partial charge in [-0.2, -0.15) is 0 Å². The van der Waals surface area contributed by atoms with Crippen molar-refractivity contribution in [1.29, 1.82) is 0 Å². The van der Waals surface area contributed by atoms with Gasteiger partial charge in [0.1, 0.15) is 10.2 Å². The van der Waals surface area contributed by atoms with Gasteiger partial charge in [-0.05, 0) is 42.9 Å². The van der Waals surface area contributed by atoms with Crippen LogP contribution in [0.5, 0.6) is 0 Å². The van der Waals surface area contributed by atoms with Crippen molar-refractivity contribution in [3.8, 4) is 0 Å². The summed E-state index contributed by atoms with van der Waals surface area (Å²) in [5, 5.41) is 3.09. The second kappa shape index (κ2) is 10.6. The lowest BCUT2D eigenvalue weighted by molar-refractivity contribution is -0.117. The van der Waals surface area contributed by atoms with Crippen LogP contribution in [-0.4, -0.2) is 45.5 Å². The first-order valence-corrected chi connectivity index (χ1v) is 12.8. The van der Waals surface area contributed by atoms with E-state index in [1.165, 1.54) is 18.2 Å². The Hall–Kier alpha value is -2.51. The van der Waals surface area contributed by atoms with Crippen molar-refractivity contribution in [2.75, 3.05) is 18.8 Å². The van der Waals surface area contributed by atoms with Gasteiger partial charge in [-0.25, -0.2) is 4.99 Å². The number of rotatable bonds is 3. The van der Waals surface area contributed by atoms with Gasteiger partial charge >= 0.3 is 0 Å². The minimum atomic E-state index is -0.219. The lowest BCUT2D eigenvalue weighted by Gasteiger charge is -2.36. The van der Waals surface area contributed by atoms with E-state index in [0.29, 0.717) is 17.7 Å². The van der Waals surface area contributed by atoms with E-state index in [2.05, 4.69) is 24.1 Å². The van der Waals surface area contributed by atoms with Gasteiger partial charge < -0.3 is 10.2 Å². The van der Waals surface area contributed by atoms with Gasteiger partial charge in [-0.3, -0.25) is 9.79 Å². The molecule has 33 heavy (non-hydrogen) atoms. The van der Waals surface area contributed by atoms with Crippen LogP contribution in [0, 0.1) is 11.8 Å². The molecule has 7 heteroatoms. The number of thioether (sulfide) groups is 1. The highest BCUT2D eigenvalue weighted by molar-refractivity contribution is 8.23. The Morgan fingerprint density at radius 1 is 1.03 bits per heavy atom. The van der Waals surface area contributed by atoms with Crippen LogP contribution in [-0.2, 0) is 4.79 Å². The third-order valence-electron chi connectivity index (χ3n) is 5.96. The molecular formula is C26H30N4OS2. The monoisotopic (exact) mass is 478 g/mol. The lowest BCUT2D eigenvalue weighted by atomic mass is 9.92. The predicted molar refractivity (Wildman–Crippen MR) is 143 cm³/mol. The minimum Gasteiger partial charge on any atom is -0.357 e. The average Bonchev–Trinajstić information content (AvgIpc) is 2.92. The number of para-hydroxylation sites is 2. The number of hydrogen-bond acceptors (Lipinski definition) is 5. The molecule has 0 bridgehead atoms. The Morgan fingerprint density at radius 3 is 2.30 bits per heavy atom. The summed E-state index contributed by atoms with van der Waals surface area (Å²) >= 11 is 7.09. The molecule has 2 aliphatic rings. The van der Waals surface area contributed by atoms with Gasteiger partial charge in [-0.1, -0.05) is 80.3 Å². The van der Waals surface area contributed by atoms with Crippen molar-refractivity contribution in [3.05, 3.63) is 60.2 Å². The van der Waals surface area contributed by atoms with E-state index in [1.54, 1.807) is 0 Å². The van der Waals surface area contributed by atoms with E-state index in [0.717, 1.165) is 40.1 Å². The molecule has 0 unspecified atom stereocenters. The van der Waals surface area contributed by atoms with Crippen LogP contribution >= 0.6 is 24.0 Å². The number of nitrogens with zero attached hydrogens (tertiary/aromatic N) is 3. The van der Waals surface area contributed by atoms with Gasteiger partial charge in [0, 0.05) is 18.8 Å². The highest BCUT2D eigenvalue weighted by Gasteiger charge is 2.27. The zero-order valence-electron chi connectivity index (χ0n) is 19.3. The summed E-state index contributed by atoms with van der Waals surface area (Å²) in [6.07, 6.45) is 1.23. The maximum atomic E-state index is 13.0. The smallest absolute Gasteiger partial charge is 0.235 e. The van der Waals surface area contributed by atoms with Gasteiger partial charge in [0.15, 0.2) is 0 Å². The van der Waals surface area contributed by atoms with Gasteiger partial charge in [-0.15, -0.1) is 0 Å². The summed E-state index contributed by atoms with van der Waals surface area (Å²) < 4.78 is 0.800. The number of amides is 1. The van der Waals surface area contributed by atoms with Crippen LogP contribution in [0.3, 0.4) is 0 Å². The van der Waals surface area contributed by atoms with E-state index < -0.39 is 0 Å². The summed E-state index contributed by atoms with van der Waals surface area (Å²) in [4.78, 5) is 24.9. The SMILES string of the molecule is CC1=Nc2ccccc2N=C(NC(=O)CSC(=S)N2C[C@@H](C)C[C@H](C)C2)[C@@H]1c1ccccc1. The molecule has 2 aliphatic heterocycles. The van der Waals surface area contributed by atoms with Gasteiger partial charge in [0.25, 0.3) is 0 Å². The summed E-state index contributed by atoms with van der Waals surface area (Å²) in [7, 11) is 0. The normalized spacial score (nSPS) is 22.5. The van der Waals surface area contributed by atoms with Crippen LogP contribution in [0.2, 0.25) is 0 Å². The van der Waals surface area contributed by atoms with Crippen molar-refractivity contribution in [2.45, 2.75) is 33.1 Å². The molecule has 172 valence electrons. The zero-order chi connectivity index (χ0) is 23.4. The molecule has 1 N–H and O–H groups in total. The third-order valence-corrected chi connectivity index (χ3v) is 7.49. The number of carbonyl (C=O) groups is 1. The number of thiocarbonyl (C=S) groups is 1. The number of aliphatic imine (C=N–C) groups is 2. The van der Waals surface area contributed by atoms with E-state index >= 15 is 0 Å². The standard InChI is InChI=1S/C26H30N4OS2/c1-17-13-18(2)15-30(14-17)26(32)33-16-23(31)29-25-24(20-9-5-4-6-10-20)19(3)27-21-11-7-8-12-22(21)28-25/h4-12,17-18,24H,13-16H2,1-3H3,(H,28,29,31)/t17-,18-,24-/m0/s1. The van der Waals surface area contributed by atoms with Crippen molar-refractivity contribution < 1.29 is 4.79 Å². The van der Waals surface area contributed by atoms with Crippen LogP contribution in [0.15, 0.2) is 64.6 Å². The largest absolute Gasteiger partial charge is 0.357 e. The summed E-state index contributed by atoms with van der Waals surface area (Å²) in [5.74, 6) is 1.78. The molecule has 1 amide bonds.